The number of aromatic nitrogens is 2. The van der Waals surface area contributed by atoms with Crippen LogP contribution in [0, 0.1) is 11.3 Å². The topological polar surface area (TPSA) is 69.2 Å². The maximum Gasteiger partial charge on any atom is 0.223 e. The maximum atomic E-state index is 13.4. The first-order valence-corrected chi connectivity index (χ1v) is 11.5. The minimum Gasteiger partial charge on any atom is -0.396 e. The number of aliphatic hydroxyl groups excluding tert-OH is 1. The fourth-order valence-corrected chi connectivity index (χ4v) is 7.06. The Labute approximate surface area is 171 Å². The van der Waals surface area contributed by atoms with E-state index in [2.05, 4.69) is 40.2 Å². The van der Waals surface area contributed by atoms with Crippen molar-refractivity contribution in [2.45, 2.75) is 82.2 Å². The molecule has 0 spiro atoms. The van der Waals surface area contributed by atoms with E-state index >= 15 is 0 Å². The van der Waals surface area contributed by atoms with Gasteiger partial charge in [-0.2, -0.15) is 5.10 Å². The summed E-state index contributed by atoms with van der Waals surface area (Å²) in [6, 6.07) is 7.13. The second-order valence-electron chi connectivity index (χ2n) is 10.5. The third-order valence-electron chi connectivity index (χ3n) is 8.29. The third-order valence-corrected chi connectivity index (χ3v) is 8.29. The molecule has 3 aliphatic carbocycles. The van der Waals surface area contributed by atoms with Crippen LogP contribution in [0.2, 0.25) is 0 Å². The van der Waals surface area contributed by atoms with E-state index in [1.807, 2.05) is 0 Å². The van der Waals surface area contributed by atoms with Crippen molar-refractivity contribution in [3.8, 4) is 0 Å². The number of H-pyrrole nitrogens is 1. The number of carbonyl (C=O) groups excluding carboxylic acids is 1. The smallest absolute Gasteiger partial charge is 0.223 e. The van der Waals surface area contributed by atoms with Crippen molar-refractivity contribution in [1.29, 1.82) is 0 Å². The predicted octanol–water partition coefficient (Wildman–Crippen LogP) is 4.09. The molecule has 29 heavy (non-hydrogen) atoms. The summed E-state index contributed by atoms with van der Waals surface area (Å²) < 4.78 is 0. The summed E-state index contributed by atoms with van der Waals surface area (Å²) in [6.45, 7) is 2.45. The van der Waals surface area contributed by atoms with Gasteiger partial charge in [-0.25, -0.2) is 0 Å². The fourth-order valence-electron chi connectivity index (χ4n) is 7.06. The zero-order valence-electron chi connectivity index (χ0n) is 17.2. The molecule has 5 fully saturated rings. The van der Waals surface area contributed by atoms with Crippen LogP contribution in [0.3, 0.4) is 0 Å². The number of nitrogens with zero attached hydrogens (tertiary/aromatic N) is 2. The molecule has 2 N–H and O–H groups in total. The Morgan fingerprint density at radius 3 is 2.72 bits per heavy atom. The average Bonchev–Trinajstić information content (AvgIpc) is 3.45. The van der Waals surface area contributed by atoms with Crippen molar-refractivity contribution in [2.24, 2.45) is 11.3 Å². The summed E-state index contributed by atoms with van der Waals surface area (Å²) in [5.41, 5.74) is 3.66. The van der Waals surface area contributed by atoms with Gasteiger partial charge in [-0.3, -0.25) is 9.89 Å². The lowest BCUT2D eigenvalue weighted by Gasteiger charge is -2.61. The molecule has 2 aliphatic heterocycles. The molecule has 7 rings (SSSR count). The molecule has 2 saturated heterocycles. The van der Waals surface area contributed by atoms with E-state index in [4.69, 9.17) is 0 Å². The molecular weight excluding hydrogens is 362 g/mol. The standard InChI is InChI=1S/C24H31N3O2/c1-14(23-22-19(16-5-6-16)3-2-4-20(22)25-26-23)7-21(29)27-17-8-15-9-18(27)12-24(10-15,11-17)13-28/h2-4,14-18,28H,5-13H2,1H3,(H,25,26). The molecule has 1 amide bonds. The zero-order valence-corrected chi connectivity index (χ0v) is 17.2. The van der Waals surface area contributed by atoms with E-state index < -0.39 is 0 Å². The van der Waals surface area contributed by atoms with Crippen molar-refractivity contribution < 1.29 is 9.90 Å². The lowest BCUT2D eigenvalue weighted by atomic mass is 9.55. The van der Waals surface area contributed by atoms with Crippen LogP contribution >= 0.6 is 0 Å². The van der Waals surface area contributed by atoms with Crippen molar-refractivity contribution in [1.82, 2.24) is 15.1 Å². The molecule has 3 unspecified atom stereocenters. The number of hydrogen-bond donors (Lipinski definition) is 2. The molecule has 5 aliphatic rings. The van der Waals surface area contributed by atoms with Gasteiger partial charge in [0.05, 0.1) is 11.2 Å². The van der Waals surface area contributed by atoms with Gasteiger partial charge in [0.1, 0.15) is 0 Å². The normalized spacial score (nSPS) is 34.1. The highest BCUT2D eigenvalue weighted by Crippen LogP contribution is 2.56. The molecular formula is C24H31N3O2. The van der Waals surface area contributed by atoms with Crippen LogP contribution in [-0.4, -0.2) is 44.8 Å². The van der Waals surface area contributed by atoms with E-state index in [1.165, 1.54) is 23.8 Å². The van der Waals surface area contributed by atoms with Crippen LogP contribution in [0.1, 0.15) is 81.4 Å². The van der Waals surface area contributed by atoms with Crippen molar-refractivity contribution in [2.75, 3.05) is 6.61 Å². The lowest BCUT2D eigenvalue weighted by Crippen LogP contribution is -2.64. The van der Waals surface area contributed by atoms with Crippen LogP contribution in [-0.2, 0) is 4.79 Å². The zero-order chi connectivity index (χ0) is 19.8. The number of benzene rings is 1. The number of fused-ring (bicyclic) bond motifs is 1. The second kappa shape index (κ2) is 6.31. The highest BCUT2D eigenvalue weighted by Gasteiger charge is 2.55. The number of hydrogen-bond acceptors (Lipinski definition) is 3. The van der Waals surface area contributed by atoms with Crippen LogP contribution < -0.4 is 0 Å². The van der Waals surface area contributed by atoms with Crippen molar-refractivity contribution >= 4 is 16.8 Å². The first-order chi connectivity index (χ1) is 14.1. The summed E-state index contributed by atoms with van der Waals surface area (Å²) in [5, 5.41) is 19.1. The molecule has 3 heterocycles. The summed E-state index contributed by atoms with van der Waals surface area (Å²) in [7, 11) is 0. The largest absolute Gasteiger partial charge is 0.396 e. The molecule has 1 aromatic carbocycles. The van der Waals surface area contributed by atoms with Crippen LogP contribution in [0.5, 0.6) is 0 Å². The number of carbonyl (C=O) groups is 1. The Morgan fingerprint density at radius 1 is 1.28 bits per heavy atom. The number of piperidine rings is 2. The van der Waals surface area contributed by atoms with Gasteiger partial charge < -0.3 is 10.0 Å². The highest BCUT2D eigenvalue weighted by molar-refractivity contribution is 5.87. The molecule has 0 radical (unpaired) electrons. The van der Waals surface area contributed by atoms with Crippen molar-refractivity contribution in [3.63, 3.8) is 0 Å². The SMILES string of the molecule is CC(CC(=O)N1C2CC3CC1CC(CO)(C3)C2)c1n[nH]c2cccc(C3CC3)c12. The summed E-state index contributed by atoms with van der Waals surface area (Å²) >= 11 is 0. The Kier molecular flexibility index (Phi) is 3.90. The maximum absolute atomic E-state index is 13.4. The van der Waals surface area contributed by atoms with E-state index in [9.17, 15) is 9.90 Å². The van der Waals surface area contributed by atoms with Gasteiger partial charge in [-0.05, 0) is 73.8 Å². The summed E-state index contributed by atoms with van der Waals surface area (Å²) in [4.78, 5) is 15.6. The van der Waals surface area contributed by atoms with Gasteiger partial charge in [0, 0.05) is 36.4 Å². The molecule has 1 aromatic heterocycles. The Balaban J connectivity index is 1.24. The van der Waals surface area contributed by atoms with Gasteiger partial charge in [-0.15, -0.1) is 0 Å². The van der Waals surface area contributed by atoms with Gasteiger partial charge in [0.2, 0.25) is 5.91 Å². The third kappa shape index (κ3) is 2.77. The minimum absolute atomic E-state index is 0.0937. The number of nitrogens with one attached hydrogen (secondary N) is 1. The van der Waals surface area contributed by atoms with Gasteiger partial charge in [0.25, 0.3) is 0 Å². The second-order valence-corrected chi connectivity index (χ2v) is 10.5. The minimum atomic E-state index is 0.0937. The number of rotatable bonds is 5. The van der Waals surface area contributed by atoms with E-state index in [0.29, 0.717) is 36.2 Å². The Bertz CT molecular complexity index is 946. The molecule has 3 atom stereocenters. The molecule has 3 saturated carbocycles. The number of aromatic amines is 1. The van der Waals surface area contributed by atoms with Crippen molar-refractivity contribution in [3.05, 3.63) is 29.5 Å². The quantitative estimate of drug-likeness (QED) is 0.804. The number of amides is 1. The highest BCUT2D eigenvalue weighted by atomic mass is 16.3. The fraction of sp³-hybridized carbons (Fsp3) is 0.667. The Hall–Kier alpha value is -1.88. The first kappa shape index (κ1) is 17.9. The lowest BCUT2D eigenvalue weighted by molar-refractivity contribution is -0.162. The Morgan fingerprint density at radius 2 is 2.03 bits per heavy atom. The number of aliphatic hydroxyl groups is 1. The van der Waals surface area contributed by atoms with Crippen LogP contribution in [0.4, 0.5) is 0 Å². The first-order valence-electron chi connectivity index (χ1n) is 11.5. The van der Waals surface area contributed by atoms with Gasteiger partial charge in [-0.1, -0.05) is 19.1 Å². The monoisotopic (exact) mass is 393 g/mol. The van der Waals surface area contributed by atoms with E-state index in [-0.39, 0.29) is 17.9 Å². The molecule has 154 valence electrons. The van der Waals surface area contributed by atoms with E-state index in [0.717, 1.165) is 43.3 Å². The van der Waals surface area contributed by atoms with Crippen LogP contribution in [0.15, 0.2) is 18.2 Å². The molecule has 5 heteroatoms. The van der Waals surface area contributed by atoms with Crippen LogP contribution in [0.25, 0.3) is 10.9 Å². The average molecular weight is 394 g/mol. The summed E-state index contributed by atoms with van der Waals surface area (Å²) in [6.07, 6.45) is 8.48. The van der Waals surface area contributed by atoms with E-state index in [1.54, 1.807) is 0 Å². The molecule has 2 aromatic rings. The van der Waals surface area contributed by atoms with Gasteiger partial charge in [0.15, 0.2) is 0 Å². The van der Waals surface area contributed by atoms with Gasteiger partial charge >= 0.3 is 0 Å². The molecule has 5 nitrogen and oxygen atoms in total. The molecule has 4 bridgehead atoms. The summed E-state index contributed by atoms with van der Waals surface area (Å²) in [5.74, 6) is 1.78. The predicted molar refractivity (Wildman–Crippen MR) is 112 cm³/mol.